The van der Waals surface area contributed by atoms with E-state index in [1.54, 1.807) is 6.20 Å². The van der Waals surface area contributed by atoms with Gasteiger partial charge in [0.15, 0.2) is 0 Å². The monoisotopic (exact) mass is 502 g/mol. The van der Waals surface area contributed by atoms with Gasteiger partial charge in [0, 0.05) is 23.5 Å². The highest BCUT2D eigenvalue weighted by Crippen LogP contribution is 2.19. The summed E-state index contributed by atoms with van der Waals surface area (Å²) in [6, 6.07) is 2.72. The molecule has 13 heteroatoms. The second kappa shape index (κ2) is 12.1. The molecule has 0 radical (unpaired) electrons. The van der Waals surface area contributed by atoms with Crippen LogP contribution in [0.25, 0.3) is 10.9 Å². The maximum absolute atomic E-state index is 13.2. The molecule has 13 nitrogen and oxygen atoms in total. The molecule has 194 valence electrons. The molecule has 2 aromatic rings. The zero-order valence-electron chi connectivity index (χ0n) is 19.5. The fourth-order valence-corrected chi connectivity index (χ4v) is 4.05. The quantitative estimate of drug-likeness (QED) is 0.160. The average Bonchev–Trinajstić information content (AvgIpc) is 3.52. The zero-order chi connectivity index (χ0) is 26.2. The van der Waals surface area contributed by atoms with Gasteiger partial charge in [-0.15, -0.1) is 0 Å². The standard InChI is InChI=1S/C23H30N6O7/c24-19(31)9-17(23(35)36)28-22(34)18(11-30)29-21(33)16(27-20(32)15-6-3-7-25-15)8-12-10-26-14-5-2-1-4-13(12)14/h1-2,4-5,10,15-18,25-26,30H,3,6-9,11H2,(H2,24,31)(H,27,32)(H,28,34)(H,29,33)(H,35,36). The van der Waals surface area contributed by atoms with Crippen molar-refractivity contribution in [2.45, 2.75) is 49.9 Å². The van der Waals surface area contributed by atoms with Gasteiger partial charge in [-0.3, -0.25) is 19.2 Å². The van der Waals surface area contributed by atoms with Gasteiger partial charge in [0.05, 0.1) is 19.1 Å². The molecule has 4 atom stereocenters. The Bertz CT molecular complexity index is 1130. The number of primary amides is 1. The molecule has 9 N–H and O–H groups in total. The molecule has 1 aromatic heterocycles. The first-order valence-corrected chi connectivity index (χ1v) is 11.5. The molecule has 2 heterocycles. The van der Waals surface area contributed by atoms with Crippen molar-refractivity contribution in [3.63, 3.8) is 0 Å². The van der Waals surface area contributed by atoms with Gasteiger partial charge in [-0.25, -0.2) is 4.79 Å². The minimum atomic E-state index is -1.63. The second-order valence-electron chi connectivity index (χ2n) is 8.59. The summed E-state index contributed by atoms with van der Waals surface area (Å²) < 4.78 is 0. The first kappa shape index (κ1) is 26.6. The number of rotatable bonds is 12. The van der Waals surface area contributed by atoms with Gasteiger partial charge >= 0.3 is 5.97 Å². The number of amides is 4. The first-order chi connectivity index (χ1) is 17.2. The number of fused-ring (bicyclic) bond motifs is 1. The molecular formula is C23H30N6O7. The van der Waals surface area contributed by atoms with Crippen LogP contribution in [0.4, 0.5) is 0 Å². The third kappa shape index (κ3) is 6.79. The van der Waals surface area contributed by atoms with Crippen molar-refractivity contribution < 1.29 is 34.2 Å². The number of aliphatic hydroxyl groups excluding tert-OH is 1. The predicted octanol–water partition coefficient (Wildman–Crippen LogP) is -2.13. The van der Waals surface area contributed by atoms with E-state index in [1.807, 2.05) is 24.3 Å². The zero-order valence-corrected chi connectivity index (χ0v) is 19.5. The first-order valence-electron chi connectivity index (χ1n) is 11.5. The summed E-state index contributed by atoms with van der Waals surface area (Å²) in [7, 11) is 0. The molecule has 36 heavy (non-hydrogen) atoms. The Labute approximate surface area is 206 Å². The number of benzene rings is 1. The molecule has 4 amide bonds. The summed E-state index contributed by atoms with van der Waals surface area (Å²) in [4.78, 5) is 64.0. The number of nitrogens with two attached hydrogens (primary N) is 1. The van der Waals surface area contributed by atoms with Crippen LogP contribution in [0.3, 0.4) is 0 Å². The van der Waals surface area contributed by atoms with Gasteiger partial charge in [-0.1, -0.05) is 18.2 Å². The number of carbonyl (C=O) groups excluding carboxylic acids is 4. The van der Waals surface area contributed by atoms with Gasteiger partial charge in [-0.05, 0) is 31.0 Å². The van der Waals surface area contributed by atoms with Crippen molar-refractivity contribution in [2.75, 3.05) is 13.2 Å². The van der Waals surface area contributed by atoms with Crippen LogP contribution in [0, 0.1) is 0 Å². The average molecular weight is 503 g/mol. The van der Waals surface area contributed by atoms with Crippen molar-refractivity contribution in [3.8, 4) is 0 Å². The lowest BCUT2D eigenvalue weighted by molar-refractivity contribution is -0.144. The number of aliphatic carboxylic acids is 1. The number of aliphatic hydroxyl groups is 1. The molecule has 3 rings (SSSR count). The highest BCUT2D eigenvalue weighted by atomic mass is 16.4. The number of H-pyrrole nitrogens is 1. The summed E-state index contributed by atoms with van der Waals surface area (Å²) in [5, 5.41) is 30.0. The molecule has 1 aliphatic rings. The minimum Gasteiger partial charge on any atom is -0.480 e. The molecule has 4 unspecified atom stereocenters. The SMILES string of the molecule is NC(=O)CC(NC(=O)C(CO)NC(=O)C(Cc1c[nH]c2ccccc12)NC(=O)C1CCCN1)C(=O)O. The molecule has 0 bridgehead atoms. The van der Waals surface area contributed by atoms with Crippen LogP contribution in [0.5, 0.6) is 0 Å². The van der Waals surface area contributed by atoms with Crippen LogP contribution < -0.4 is 27.0 Å². The van der Waals surface area contributed by atoms with E-state index in [9.17, 15) is 34.2 Å². The largest absolute Gasteiger partial charge is 0.480 e. The van der Waals surface area contributed by atoms with Crippen LogP contribution in [-0.2, 0) is 30.4 Å². The number of hydrogen-bond acceptors (Lipinski definition) is 7. The van der Waals surface area contributed by atoms with E-state index < -0.39 is 60.9 Å². The third-order valence-electron chi connectivity index (χ3n) is 5.94. The van der Waals surface area contributed by atoms with Gasteiger partial charge in [-0.2, -0.15) is 0 Å². The Morgan fingerprint density at radius 1 is 1.03 bits per heavy atom. The Morgan fingerprint density at radius 2 is 1.72 bits per heavy atom. The van der Waals surface area contributed by atoms with Gasteiger partial charge in [0.2, 0.25) is 23.6 Å². The predicted molar refractivity (Wildman–Crippen MR) is 127 cm³/mol. The number of para-hydroxylation sites is 1. The normalized spacial score (nSPS) is 17.6. The van der Waals surface area contributed by atoms with Gasteiger partial charge < -0.3 is 42.2 Å². The Balaban J connectivity index is 1.76. The lowest BCUT2D eigenvalue weighted by atomic mass is 10.0. The topological polar surface area (TPSA) is 216 Å². The Kier molecular flexibility index (Phi) is 8.97. The molecule has 0 aliphatic carbocycles. The van der Waals surface area contributed by atoms with Crippen LogP contribution in [0.1, 0.15) is 24.8 Å². The lowest BCUT2D eigenvalue weighted by Crippen LogP contribution is -2.58. The molecule has 1 saturated heterocycles. The number of aromatic amines is 1. The number of aromatic nitrogens is 1. The van der Waals surface area contributed by atoms with Crippen molar-refractivity contribution in [2.24, 2.45) is 5.73 Å². The molecule has 1 aliphatic heterocycles. The number of carboxylic acid groups (broad SMARTS) is 1. The number of carbonyl (C=O) groups is 5. The maximum atomic E-state index is 13.2. The second-order valence-corrected chi connectivity index (χ2v) is 8.59. The number of nitrogens with one attached hydrogen (secondary N) is 5. The van der Waals surface area contributed by atoms with Crippen LogP contribution in [0.15, 0.2) is 30.5 Å². The van der Waals surface area contributed by atoms with E-state index >= 15 is 0 Å². The van der Waals surface area contributed by atoms with Gasteiger partial charge in [0.1, 0.15) is 18.1 Å². The summed E-state index contributed by atoms with van der Waals surface area (Å²) in [6.45, 7) is -0.168. The highest BCUT2D eigenvalue weighted by molar-refractivity contribution is 5.95. The van der Waals surface area contributed by atoms with E-state index in [2.05, 4.69) is 26.3 Å². The van der Waals surface area contributed by atoms with Crippen LogP contribution >= 0.6 is 0 Å². The molecule has 0 saturated carbocycles. The third-order valence-corrected chi connectivity index (χ3v) is 5.94. The highest BCUT2D eigenvalue weighted by Gasteiger charge is 2.32. The van der Waals surface area contributed by atoms with Gasteiger partial charge in [0.25, 0.3) is 0 Å². The number of carboxylic acids is 1. The Hall–Kier alpha value is -3.97. The smallest absolute Gasteiger partial charge is 0.326 e. The lowest BCUT2D eigenvalue weighted by Gasteiger charge is -2.24. The fraction of sp³-hybridized carbons (Fsp3) is 0.435. The van der Waals surface area contributed by atoms with E-state index in [-0.39, 0.29) is 12.3 Å². The molecule has 1 fully saturated rings. The van der Waals surface area contributed by atoms with E-state index in [1.165, 1.54) is 0 Å². The molecule has 0 spiro atoms. The Morgan fingerprint density at radius 3 is 2.36 bits per heavy atom. The summed E-state index contributed by atoms with van der Waals surface area (Å²) in [5.74, 6) is -4.59. The molecule has 1 aromatic carbocycles. The van der Waals surface area contributed by atoms with E-state index in [0.717, 1.165) is 22.9 Å². The van der Waals surface area contributed by atoms with E-state index in [0.29, 0.717) is 13.0 Å². The van der Waals surface area contributed by atoms with Crippen molar-refractivity contribution >= 4 is 40.5 Å². The summed E-state index contributed by atoms with van der Waals surface area (Å²) in [6.07, 6.45) is 2.59. The molecular weight excluding hydrogens is 472 g/mol. The summed E-state index contributed by atoms with van der Waals surface area (Å²) >= 11 is 0. The maximum Gasteiger partial charge on any atom is 0.326 e. The van der Waals surface area contributed by atoms with Crippen LogP contribution in [-0.4, -0.2) is 82.1 Å². The minimum absolute atomic E-state index is 0.0908. The van der Waals surface area contributed by atoms with Crippen molar-refractivity contribution in [1.82, 2.24) is 26.3 Å². The van der Waals surface area contributed by atoms with Crippen molar-refractivity contribution in [3.05, 3.63) is 36.0 Å². The van der Waals surface area contributed by atoms with E-state index in [4.69, 9.17) is 5.73 Å². The fourth-order valence-electron chi connectivity index (χ4n) is 4.05. The summed E-state index contributed by atoms with van der Waals surface area (Å²) in [5.41, 5.74) is 6.61. The van der Waals surface area contributed by atoms with Crippen molar-refractivity contribution in [1.29, 1.82) is 0 Å². The number of hydrogen-bond donors (Lipinski definition) is 8. The van der Waals surface area contributed by atoms with Crippen LogP contribution in [0.2, 0.25) is 0 Å².